The number of nitrogens with one attached hydrogen (secondary N) is 1. The molecule has 20 heavy (non-hydrogen) atoms. The lowest BCUT2D eigenvalue weighted by Crippen LogP contribution is -2.45. The molecule has 1 aromatic rings. The van der Waals surface area contributed by atoms with Crippen LogP contribution in [-0.2, 0) is 10.2 Å². The van der Waals surface area contributed by atoms with E-state index in [4.69, 9.17) is 5.73 Å². The van der Waals surface area contributed by atoms with E-state index < -0.39 is 11.0 Å². The first-order valence-corrected chi connectivity index (χ1v) is 7.32. The summed E-state index contributed by atoms with van der Waals surface area (Å²) in [7, 11) is 0. The molecule has 0 spiro atoms. The molecule has 0 saturated heterocycles. The van der Waals surface area contributed by atoms with Gasteiger partial charge in [-0.3, -0.25) is 4.79 Å². The number of nitrogens with two attached hydrogens (primary N) is 1. The Bertz CT molecular complexity index is 474. The minimum Gasteiger partial charge on any atom is -0.399 e. The number of benzene rings is 1. The number of rotatable bonds is 6. The van der Waals surface area contributed by atoms with E-state index in [1.54, 1.807) is 0 Å². The van der Waals surface area contributed by atoms with Crippen molar-refractivity contribution in [1.29, 1.82) is 0 Å². The van der Waals surface area contributed by atoms with Crippen LogP contribution in [0.4, 0.5) is 5.69 Å². The van der Waals surface area contributed by atoms with Crippen molar-refractivity contribution in [3.63, 3.8) is 0 Å². The number of hydrogen-bond donors (Lipinski definition) is 3. The van der Waals surface area contributed by atoms with Crippen molar-refractivity contribution in [1.82, 2.24) is 5.32 Å². The van der Waals surface area contributed by atoms with Gasteiger partial charge >= 0.3 is 0 Å². The maximum absolute atomic E-state index is 12.4. The van der Waals surface area contributed by atoms with Gasteiger partial charge in [0.2, 0.25) is 5.91 Å². The van der Waals surface area contributed by atoms with Gasteiger partial charge in [0.1, 0.15) is 0 Å². The van der Waals surface area contributed by atoms with Gasteiger partial charge in [-0.2, -0.15) is 0 Å². The van der Waals surface area contributed by atoms with Crippen molar-refractivity contribution in [2.75, 3.05) is 12.3 Å². The number of carbonyl (C=O) groups excluding carboxylic acids is 1. The molecule has 110 valence electrons. The summed E-state index contributed by atoms with van der Waals surface area (Å²) in [6, 6.07) is 7.51. The molecular weight excluding hydrogens is 252 g/mol. The Labute approximate surface area is 120 Å². The van der Waals surface area contributed by atoms with Crippen LogP contribution in [0.5, 0.6) is 0 Å². The van der Waals surface area contributed by atoms with Gasteiger partial charge in [-0.25, -0.2) is 0 Å². The van der Waals surface area contributed by atoms with Crippen LogP contribution in [0.15, 0.2) is 24.3 Å². The lowest BCUT2D eigenvalue weighted by Gasteiger charge is -2.27. The highest BCUT2D eigenvalue weighted by molar-refractivity contribution is 5.91. The van der Waals surface area contributed by atoms with Crippen molar-refractivity contribution in [2.45, 2.75) is 50.5 Å². The average molecular weight is 276 g/mol. The normalized spacial score (nSPS) is 16.8. The monoisotopic (exact) mass is 276 g/mol. The molecule has 0 atom stereocenters. The van der Waals surface area contributed by atoms with Gasteiger partial charge in [0, 0.05) is 12.2 Å². The van der Waals surface area contributed by atoms with E-state index in [0.717, 1.165) is 18.4 Å². The van der Waals surface area contributed by atoms with Crippen LogP contribution >= 0.6 is 0 Å². The zero-order valence-corrected chi connectivity index (χ0v) is 12.3. The fourth-order valence-corrected chi connectivity index (χ4v) is 2.49. The zero-order valence-electron chi connectivity index (χ0n) is 12.3. The Balaban J connectivity index is 2.04. The SMILES string of the molecule is CCC(O)(CC)CNC(=O)C1(c2ccc(N)cc2)CC1. The molecule has 1 saturated carbocycles. The number of aliphatic hydroxyl groups is 1. The second-order valence-corrected chi connectivity index (χ2v) is 5.82. The minimum absolute atomic E-state index is 0.0163. The summed E-state index contributed by atoms with van der Waals surface area (Å²) in [5.41, 5.74) is 6.20. The molecule has 1 amide bonds. The molecule has 4 nitrogen and oxygen atoms in total. The second-order valence-electron chi connectivity index (χ2n) is 5.82. The zero-order chi connectivity index (χ0) is 14.8. The van der Waals surface area contributed by atoms with Gasteiger partial charge in [0.15, 0.2) is 0 Å². The molecular formula is C16H24N2O2. The van der Waals surface area contributed by atoms with Gasteiger partial charge in [-0.15, -0.1) is 0 Å². The van der Waals surface area contributed by atoms with E-state index in [0.29, 0.717) is 25.1 Å². The van der Waals surface area contributed by atoms with E-state index in [-0.39, 0.29) is 5.91 Å². The van der Waals surface area contributed by atoms with Crippen LogP contribution < -0.4 is 11.1 Å². The average Bonchev–Trinajstić information content (AvgIpc) is 3.27. The highest BCUT2D eigenvalue weighted by atomic mass is 16.3. The summed E-state index contributed by atoms with van der Waals surface area (Å²) in [6.45, 7) is 4.18. The molecule has 0 radical (unpaired) electrons. The number of anilines is 1. The van der Waals surface area contributed by atoms with E-state index in [2.05, 4.69) is 5.32 Å². The first-order chi connectivity index (χ1) is 9.46. The molecule has 0 bridgehead atoms. The van der Waals surface area contributed by atoms with Crippen LogP contribution in [0.3, 0.4) is 0 Å². The van der Waals surface area contributed by atoms with E-state index >= 15 is 0 Å². The second kappa shape index (κ2) is 5.44. The molecule has 1 aliphatic rings. The molecule has 0 aliphatic heterocycles. The van der Waals surface area contributed by atoms with Crippen molar-refractivity contribution in [2.24, 2.45) is 0 Å². The van der Waals surface area contributed by atoms with Crippen LogP contribution in [0, 0.1) is 0 Å². The summed E-state index contributed by atoms with van der Waals surface area (Å²) in [5.74, 6) is 0.0163. The first kappa shape index (κ1) is 14.9. The Morgan fingerprint density at radius 3 is 2.30 bits per heavy atom. The summed E-state index contributed by atoms with van der Waals surface area (Å²) >= 11 is 0. The molecule has 0 heterocycles. The van der Waals surface area contributed by atoms with E-state index in [9.17, 15) is 9.90 Å². The quantitative estimate of drug-likeness (QED) is 0.695. The summed E-state index contributed by atoms with van der Waals surface area (Å²) in [5, 5.41) is 13.2. The number of nitrogen functional groups attached to an aromatic ring is 1. The molecule has 0 unspecified atom stereocenters. The van der Waals surface area contributed by atoms with Gasteiger partial charge < -0.3 is 16.2 Å². The van der Waals surface area contributed by atoms with Crippen molar-refractivity contribution in [3.05, 3.63) is 29.8 Å². The molecule has 4 N–H and O–H groups in total. The standard InChI is InChI=1S/C16H24N2O2/c1-3-15(20,4-2)11-18-14(19)16(9-10-16)12-5-7-13(17)8-6-12/h5-8,20H,3-4,9-11,17H2,1-2H3,(H,18,19). The van der Waals surface area contributed by atoms with E-state index in [1.165, 1.54) is 0 Å². The third-order valence-electron chi connectivity index (χ3n) is 4.54. The Morgan fingerprint density at radius 2 is 1.85 bits per heavy atom. The van der Waals surface area contributed by atoms with Crippen LogP contribution in [-0.4, -0.2) is 23.2 Å². The largest absolute Gasteiger partial charge is 0.399 e. The summed E-state index contributed by atoms with van der Waals surface area (Å²) in [4.78, 5) is 12.4. The number of amides is 1. The van der Waals surface area contributed by atoms with Gasteiger partial charge in [0.25, 0.3) is 0 Å². The number of carbonyl (C=O) groups is 1. The smallest absolute Gasteiger partial charge is 0.230 e. The van der Waals surface area contributed by atoms with Gasteiger partial charge in [0.05, 0.1) is 11.0 Å². The Morgan fingerprint density at radius 1 is 1.30 bits per heavy atom. The maximum atomic E-state index is 12.4. The highest BCUT2D eigenvalue weighted by Gasteiger charge is 2.51. The molecule has 2 rings (SSSR count). The van der Waals surface area contributed by atoms with Crippen molar-refractivity contribution < 1.29 is 9.90 Å². The van der Waals surface area contributed by atoms with Gasteiger partial charge in [-0.05, 0) is 43.4 Å². The maximum Gasteiger partial charge on any atom is 0.230 e. The molecule has 1 fully saturated rings. The van der Waals surface area contributed by atoms with Gasteiger partial charge in [-0.1, -0.05) is 26.0 Å². The Hall–Kier alpha value is -1.55. The van der Waals surface area contributed by atoms with Crippen LogP contribution in [0.2, 0.25) is 0 Å². The predicted octanol–water partition coefficient (Wildman–Crippen LogP) is 1.97. The third-order valence-corrected chi connectivity index (χ3v) is 4.54. The molecule has 0 aromatic heterocycles. The molecule has 4 heteroatoms. The minimum atomic E-state index is -0.799. The summed E-state index contributed by atoms with van der Waals surface area (Å²) < 4.78 is 0. The van der Waals surface area contributed by atoms with Crippen LogP contribution in [0.25, 0.3) is 0 Å². The highest BCUT2D eigenvalue weighted by Crippen LogP contribution is 2.48. The topological polar surface area (TPSA) is 75.3 Å². The van der Waals surface area contributed by atoms with Crippen molar-refractivity contribution in [3.8, 4) is 0 Å². The van der Waals surface area contributed by atoms with Crippen LogP contribution in [0.1, 0.15) is 45.1 Å². The molecule has 1 aromatic carbocycles. The lowest BCUT2D eigenvalue weighted by molar-refractivity contribution is -0.125. The molecule has 1 aliphatic carbocycles. The Kier molecular flexibility index (Phi) is 4.04. The fourth-order valence-electron chi connectivity index (χ4n) is 2.49. The lowest BCUT2D eigenvalue weighted by atomic mass is 9.93. The number of hydrogen-bond acceptors (Lipinski definition) is 3. The third kappa shape index (κ3) is 2.80. The summed E-state index contributed by atoms with van der Waals surface area (Å²) in [6.07, 6.45) is 3.00. The fraction of sp³-hybridized carbons (Fsp3) is 0.562. The van der Waals surface area contributed by atoms with Crippen molar-refractivity contribution >= 4 is 11.6 Å². The first-order valence-electron chi connectivity index (χ1n) is 7.32. The predicted molar refractivity (Wildman–Crippen MR) is 80.3 cm³/mol. The van der Waals surface area contributed by atoms with E-state index in [1.807, 2.05) is 38.1 Å².